The highest BCUT2D eigenvalue weighted by Crippen LogP contribution is 2.27. The average molecular weight is 467 g/mol. The molecule has 178 valence electrons. The van der Waals surface area contributed by atoms with Crippen LogP contribution in [-0.2, 0) is 35.4 Å². The number of aryl methyl sites for hydroxylation is 2. The Kier molecular flexibility index (Phi) is 6.89. The number of nitrogens with one attached hydrogen (secondary N) is 1. The molecule has 1 N–H and O–H groups in total. The summed E-state index contributed by atoms with van der Waals surface area (Å²) < 4.78 is 2.04. The molecular weight excluding hydrogens is 436 g/mol. The van der Waals surface area contributed by atoms with Gasteiger partial charge < -0.3 is 14.8 Å². The van der Waals surface area contributed by atoms with E-state index in [0.717, 1.165) is 53.9 Å². The van der Waals surface area contributed by atoms with Gasteiger partial charge in [0.15, 0.2) is 0 Å². The minimum Gasteiger partial charge on any atom is -0.356 e. The van der Waals surface area contributed by atoms with Crippen LogP contribution in [0.2, 0.25) is 0 Å². The van der Waals surface area contributed by atoms with Crippen molar-refractivity contribution in [2.45, 2.75) is 38.6 Å². The summed E-state index contributed by atoms with van der Waals surface area (Å²) in [7, 11) is 0. The van der Waals surface area contributed by atoms with Crippen molar-refractivity contribution in [3.63, 3.8) is 0 Å². The van der Waals surface area contributed by atoms with E-state index in [1.54, 1.807) is 0 Å². The zero-order chi connectivity index (χ0) is 24.0. The van der Waals surface area contributed by atoms with Crippen LogP contribution >= 0.6 is 0 Å². The van der Waals surface area contributed by atoms with Gasteiger partial charge in [0.1, 0.15) is 12.4 Å². The van der Waals surface area contributed by atoms with Crippen LogP contribution in [0.15, 0.2) is 78.9 Å². The first kappa shape index (κ1) is 22.8. The molecule has 0 fully saturated rings. The van der Waals surface area contributed by atoms with Gasteiger partial charge in [0.05, 0.1) is 17.5 Å². The molecule has 0 unspecified atom stereocenters. The fourth-order valence-corrected chi connectivity index (χ4v) is 4.82. The Morgan fingerprint density at radius 3 is 2.57 bits per heavy atom. The Morgan fingerprint density at radius 1 is 0.914 bits per heavy atom. The highest BCUT2D eigenvalue weighted by atomic mass is 16.2. The summed E-state index contributed by atoms with van der Waals surface area (Å²) in [6.45, 7) is 1.57. The van der Waals surface area contributed by atoms with Gasteiger partial charge in [-0.05, 0) is 48.6 Å². The molecule has 4 aromatic rings. The monoisotopic (exact) mass is 466 g/mol. The lowest BCUT2D eigenvalue weighted by molar-refractivity contribution is -0.120. The summed E-state index contributed by atoms with van der Waals surface area (Å²) in [5.41, 5.74) is 5.12. The fraction of sp³-hybridized carbons (Fsp3) is 0.276. The Labute approximate surface area is 205 Å². The summed E-state index contributed by atoms with van der Waals surface area (Å²) in [5, 5.41) is 3.01. The van der Waals surface area contributed by atoms with Crippen LogP contribution in [0.5, 0.6) is 0 Å². The maximum Gasteiger partial charge on any atom is 0.246 e. The zero-order valence-corrected chi connectivity index (χ0v) is 19.8. The molecule has 0 bridgehead atoms. The van der Waals surface area contributed by atoms with E-state index in [-0.39, 0.29) is 18.4 Å². The molecule has 6 nitrogen and oxygen atoms in total. The third-order valence-electron chi connectivity index (χ3n) is 6.55. The van der Waals surface area contributed by atoms with Crippen LogP contribution in [-0.4, -0.2) is 34.5 Å². The van der Waals surface area contributed by atoms with Gasteiger partial charge in [0, 0.05) is 25.2 Å². The number of anilines is 1. The van der Waals surface area contributed by atoms with Gasteiger partial charge >= 0.3 is 0 Å². The molecule has 3 aromatic carbocycles. The van der Waals surface area contributed by atoms with E-state index >= 15 is 0 Å². The number of carbonyl (C=O) groups is 2. The third kappa shape index (κ3) is 5.27. The lowest BCUT2D eigenvalue weighted by Gasteiger charge is -2.29. The van der Waals surface area contributed by atoms with Crippen molar-refractivity contribution in [1.29, 1.82) is 0 Å². The number of hydrogen-bond acceptors (Lipinski definition) is 3. The number of nitrogens with zero attached hydrogens (tertiary/aromatic N) is 3. The van der Waals surface area contributed by atoms with Crippen molar-refractivity contribution in [2.24, 2.45) is 0 Å². The van der Waals surface area contributed by atoms with E-state index in [4.69, 9.17) is 4.98 Å². The highest BCUT2D eigenvalue weighted by molar-refractivity contribution is 5.95. The summed E-state index contributed by atoms with van der Waals surface area (Å²) >= 11 is 0. The lowest BCUT2D eigenvalue weighted by atomic mass is 10.0. The molecule has 5 rings (SSSR count). The average Bonchev–Trinajstić information content (AvgIpc) is 3.24. The summed E-state index contributed by atoms with van der Waals surface area (Å²) in [6.07, 6.45) is 3.80. The predicted octanol–water partition coefficient (Wildman–Crippen LogP) is 4.31. The van der Waals surface area contributed by atoms with Crippen LogP contribution in [0.25, 0.3) is 11.0 Å². The molecule has 1 aliphatic heterocycles. The Bertz CT molecular complexity index is 1330. The Balaban J connectivity index is 1.26. The van der Waals surface area contributed by atoms with Crippen molar-refractivity contribution < 1.29 is 9.59 Å². The van der Waals surface area contributed by atoms with Crippen molar-refractivity contribution >= 4 is 28.5 Å². The summed E-state index contributed by atoms with van der Waals surface area (Å²) in [4.78, 5) is 32.4. The second-order valence-electron chi connectivity index (χ2n) is 9.00. The van der Waals surface area contributed by atoms with E-state index in [1.165, 1.54) is 5.56 Å². The second kappa shape index (κ2) is 10.6. The molecule has 0 atom stereocenters. The normalized spacial score (nSPS) is 13.0. The number of amides is 2. The molecule has 0 saturated heterocycles. The van der Waals surface area contributed by atoms with Crippen LogP contribution < -0.4 is 10.2 Å². The summed E-state index contributed by atoms with van der Waals surface area (Å²) in [5.74, 6) is 0.975. The molecule has 0 saturated carbocycles. The fourth-order valence-electron chi connectivity index (χ4n) is 4.82. The number of aromatic nitrogens is 2. The van der Waals surface area contributed by atoms with Gasteiger partial charge in [-0.1, -0.05) is 60.7 Å². The van der Waals surface area contributed by atoms with E-state index in [0.29, 0.717) is 19.4 Å². The minimum atomic E-state index is 0.0173. The number of carbonyl (C=O) groups excluding carboxylic acids is 2. The summed E-state index contributed by atoms with van der Waals surface area (Å²) in [6, 6.07) is 25.9. The van der Waals surface area contributed by atoms with Crippen LogP contribution in [0.4, 0.5) is 5.69 Å². The molecule has 35 heavy (non-hydrogen) atoms. The quantitative estimate of drug-likeness (QED) is 0.394. The maximum absolute atomic E-state index is 13.4. The number of benzene rings is 3. The SMILES string of the molecule is O=C(Cc1ccccc1)NCCCc1nc2ccccc2n1CC(=O)N1CCCc2ccccc21. The molecular formula is C29H30N4O2. The first-order chi connectivity index (χ1) is 17.2. The molecule has 1 aromatic heterocycles. The number of hydrogen-bond donors (Lipinski definition) is 1. The minimum absolute atomic E-state index is 0.0173. The van der Waals surface area contributed by atoms with Gasteiger partial charge in [-0.15, -0.1) is 0 Å². The molecule has 6 heteroatoms. The number of rotatable bonds is 8. The largest absolute Gasteiger partial charge is 0.356 e. The smallest absolute Gasteiger partial charge is 0.246 e. The second-order valence-corrected chi connectivity index (χ2v) is 9.00. The van der Waals surface area contributed by atoms with Gasteiger partial charge in [-0.3, -0.25) is 9.59 Å². The number of imidazole rings is 1. The number of para-hydroxylation sites is 3. The molecule has 0 radical (unpaired) electrons. The predicted molar refractivity (Wildman–Crippen MR) is 138 cm³/mol. The van der Waals surface area contributed by atoms with Crippen molar-refractivity contribution in [1.82, 2.24) is 14.9 Å². The van der Waals surface area contributed by atoms with E-state index in [2.05, 4.69) is 11.4 Å². The first-order valence-corrected chi connectivity index (χ1v) is 12.3. The zero-order valence-electron chi connectivity index (χ0n) is 19.8. The Hall–Kier alpha value is -3.93. The van der Waals surface area contributed by atoms with Gasteiger partial charge in [0.25, 0.3) is 0 Å². The maximum atomic E-state index is 13.4. The standard InChI is InChI=1S/C29H30N4O2/c34-28(20-22-10-2-1-3-11-22)30-18-8-17-27-31-24-14-5-7-16-26(24)33(27)21-29(35)32-19-9-13-23-12-4-6-15-25(23)32/h1-7,10-12,14-16H,8-9,13,17-21H2,(H,30,34). The molecule has 2 amide bonds. The van der Waals surface area contributed by atoms with E-state index in [9.17, 15) is 9.59 Å². The van der Waals surface area contributed by atoms with E-state index < -0.39 is 0 Å². The van der Waals surface area contributed by atoms with Gasteiger partial charge in [-0.2, -0.15) is 0 Å². The Morgan fingerprint density at radius 2 is 1.69 bits per heavy atom. The van der Waals surface area contributed by atoms with Crippen LogP contribution in [0.3, 0.4) is 0 Å². The van der Waals surface area contributed by atoms with Crippen molar-refractivity contribution in [2.75, 3.05) is 18.0 Å². The van der Waals surface area contributed by atoms with E-state index in [1.807, 2.05) is 82.3 Å². The van der Waals surface area contributed by atoms with Gasteiger partial charge in [0.2, 0.25) is 11.8 Å². The van der Waals surface area contributed by atoms with Crippen molar-refractivity contribution in [3.05, 3.63) is 95.8 Å². The molecule has 1 aliphatic rings. The molecule has 2 heterocycles. The van der Waals surface area contributed by atoms with Crippen LogP contribution in [0, 0.1) is 0 Å². The topological polar surface area (TPSA) is 67.2 Å². The highest BCUT2D eigenvalue weighted by Gasteiger charge is 2.23. The van der Waals surface area contributed by atoms with Gasteiger partial charge in [-0.25, -0.2) is 4.98 Å². The first-order valence-electron chi connectivity index (χ1n) is 12.3. The molecule has 0 spiro atoms. The number of fused-ring (bicyclic) bond motifs is 2. The third-order valence-corrected chi connectivity index (χ3v) is 6.55. The van der Waals surface area contributed by atoms with Crippen molar-refractivity contribution in [3.8, 4) is 0 Å². The molecule has 0 aliphatic carbocycles. The lowest BCUT2D eigenvalue weighted by Crippen LogP contribution is -2.38. The van der Waals surface area contributed by atoms with Crippen LogP contribution in [0.1, 0.15) is 29.8 Å².